The van der Waals surface area contributed by atoms with Gasteiger partial charge in [0.1, 0.15) is 5.82 Å². The first-order chi connectivity index (χ1) is 8.39. The summed E-state index contributed by atoms with van der Waals surface area (Å²) in [5.74, 6) is -0.293. The zero-order chi connectivity index (χ0) is 13.3. The molecule has 6 heteroatoms. The van der Waals surface area contributed by atoms with Crippen LogP contribution in [0.4, 0.5) is 10.1 Å². The first-order valence-electron chi connectivity index (χ1n) is 5.96. The molecule has 2 N–H and O–H groups in total. The zero-order valence-corrected chi connectivity index (χ0v) is 11.1. The fraction of sp³-hybridized carbons (Fsp3) is 0.500. The maximum atomic E-state index is 13.2. The van der Waals surface area contributed by atoms with E-state index in [4.69, 9.17) is 5.73 Å². The normalized spacial score (nSPS) is 22.0. The fourth-order valence-electron chi connectivity index (χ4n) is 2.25. The maximum absolute atomic E-state index is 13.2. The summed E-state index contributed by atoms with van der Waals surface area (Å²) < 4.78 is 39.3. The van der Waals surface area contributed by atoms with Gasteiger partial charge in [0, 0.05) is 18.8 Å². The first-order valence-corrected chi connectivity index (χ1v) is 7.40. The predicted molar refractivity (Wildman–Crippen MR) is 68.0 cm³/mol. The Balaban J connectivity index is 2.35. The van der Waals surface area contributed by atoms with Crippen molar-refractivity contribution in [2.75, 3.05) is 18.8 Å². The van der Waals surface area contributed by atoms with E-state index in [-0.39, 0.29) is 10.6 Å². The largest absolute Gasteiger partial charge is 0.399 e. The van der Waals surface area contributed by atoms with Crippen molar-refractivity contribution in [1.29, 1.82) is 0 Å². The lowest BCUT2D eigenvalue weighted by Crippen LogP contribution is -2.39. The van der Waals surface area contributed by atoms with Gasteiger partial charge >= 0.3 is 0 Å². The van der Waals surface area contributed by atoms with Crippen molar-refractivity contribution < 1.29 is 12.8 Å². The number of nitrogens with zero attached hydrogens (tertiary/aromatic N) is 1. The number of benzene rings is 1. The Morgan fingerprint density at radius 3 is 2.72 bits per heavy atom. The minimum absolute atomic E-state index is 0.0610. The van der Waals surface area contributed by atoms with E-state index in [1.54, 1.807) is 0 Å². The molecule has 2 rings (SSSR count). The molecule has 100 valence electrons. The van der Waals surface area contributed by atoms with Crippen LogP contribution in [0.25, 0.3) is 0 Å². The van der Waals surface area contributed by atoms with Crippen molar-refractivity contribution in [1.82, 2.24) is 4.31 Å². The molecule has 1 unspecified atom stereocenters. The Morgan fingerprint density at radius 1 is 1.39 bits per heavy atom. The number of nitrogen functional groups attached to an aromatic ring is 1. The molecule has 0 aliphatic carbocycles. The van der Waals surface area contributed by atoms with Gasteiger partial charge in [-0.1, -0.05) is 6.92 Å². The molecule has 1 aromatic rings. The highest BCUT2D eigenvalue weighted by molar-refractivity contribution is 7.89. The number of hydrogen-bond acceptors (Lipinski definition) is 3. The second-order valence-electron chi connectivity index (χ2n) is 4.83. The van der Waals surface area contributed by atoms with Crippen molar-refractivity contribution in [2.45, 2.75) is 24.7 Å². The molecule has 0 spiro atoms. The highest BCUT2D eigenvalue weighted by Crippen LogP contribution is 2.25. The van der Waals surface area contributed by atoms with Crippen molar-refractivity contribution in [3.05, 3.63) is 24.0 Å². The van der Waals surface area contributed by atoms with E-state index in [1.165, 1.54) is 10.4 Å². The number of halogens is 1. The zero-order valence-electron chi connectivity index (χ0n) is 10.3. The average molecular weight is 272 g/mol. The number of piperidine rings is 1. The van der Waals surface area contributed by atoms with Crippen LogP contribution in [0.2, 0.25) is 0 Å². The quantitative estimate of drug-likeness (QED) is 0.835. The molecule has 1 fully saturated rings. The molecule has 1 heterocycles. The van der Waals surface area contributed by atoms with E-state index in [0.717, 1.165) is 25.0 Å². The number of nitrogens with two attached hydrogens (primary N) is 1. The Kier molecular flexibility index (Phi) is 3.59. The summed E-state index contributed by atoms with van der Waals surface area (Å²) >= 11 is 0. The molecule has 1 atom stereocenters. The summed E-state index contributed by atoms with van der Waals surface area (Å²) in [5, 5.41) is 0. The molecule has 1 saturated heterocycles. The minimum atomic E-state index is -3.63. The van der Waals surface area contributed by atoms with Crippen molar-refractivity contribution in [3.8, 4) is 0 Å². The van der Waals surface area contributed by atoms with Crippen LogP contribution in [-0.4, -0.2) is 25.8 Å². The molecule has 1 aliphatic rings. The molecule has 0 saturated carbocycles. The van der Waals surface area contributed by atoms with Gasteiger partial charge in [0.25, 0.3) is 0 Å². The summed E-state index contributed by atoms with van der Waals surface area (Å²) in [6.45, 7) is 2.99. The van der Waals surface area contributed by atoms with Crippen LogP contribution in [-0.2, 0) is 10.0 Å². The second kappa shape index (κ2) is 4.85. The second-order valence-corrected chi connectivity index (χ2v) is 6.77. The average Bonchev–Trinajstić information content (AvgIpc) is 2.27. The summed E-state index contributed by atoms with van der Waals surface area (Å²) in [6.07, 6.45) is 1.86. The summed E-state index contributed by atoms with van der Waals surface area (Å²) in [4.78, 5) is -0.0610. The van der Waals surface area contributed by atoms with Crippen LogP contribution in [0.3, 0.4) is 0 Å². The fourth-order valence-corrected chi connectivity index (χ4v) is 3.91. The SMILES string of the molecule is CC1CCCN(S(=O)(=O)c2cc(N)cc(F)c2)C1. The van der Waals surface area contributed by atoms with Crippen LogP contribution >= 0.6 is 0 Å². The molecular formula is C12H17FN2O2S. The Labute approximate surface area is 107 Å². The highest BCUT2D eigenvalue weighted by atomic mass is 32.2. The van der Waals surface area contributed by atoms with Gasteiger partial charge in [-0.15, -0.1) is 0 Å². The third-order valence-electron chi connectivity index (χ3n) is 3.15. The molecule has 0 amide bonds. The number of sulfonamides is 1. The monoisotopic (exact) mass is 272 g/mol. The van der Waals surface area contributed by atoms with Crippen LogP contribution in [0, 0.1) is 11.7 Å². The standard InChI is InChI=1S/C12H17FN2O2S/c1-9-3-2-4-15(8-9)18(16,17)12-6-10(13)5-11(14)7-12/h5-7,9H,2-4,8,14H2,1H3. The Hall–Kier alpha value is -1.14. The summed E-state index contributed by atoms with van der Waals surface area (Å²) in [5.41, 5.74) is 5.61. The Bertz CT molecular complexity index is 525. The highest BCUT2D eigenvalue weighted by Gasteiger charge is 2.29. The third kappa shape index (κ3) is 2.64. The van der Waals surface area contributed by atoms with Crippen LogP contribution in [0.1, 0.15) is 19.8 Å². The van der Waals surface area contributed by atoms with E-state index >= 15 is 0 Å². The molecule has 18 heavy (non-hydrogen) atoms. The Morgan fingerprint density at radius 2 is 2.11 bits per heavy atom. The van der Waals surface area contributed by atoms with E-state index in [9.17, 15) is 12.8 Å². The molecule has 1 aliphatic heterocycles. The molecule has 0 bridgehead atoms. The van der Waals surface area contributed by atoms with Crippen molar-refractivity contribution in [3.63, 3.8) is 0 Å². The molecule has 1 aromatic carbocycles. The van der Waals surface area contributed by atoms with Gasteiger partial charge in [-0.25, -0.2) is 12.8 Å². The third-order valence-corrected chi connectivity index (χ3v) is 4.99. The van der Waals surface area contributed by atoms with Gasteiger partial charge < -0.3 is 5.73 Å². The van der Waals surface area contributed by atoms with Gasteiger partial charge in [-0.3, -0.25) is 0 Å². The molecule has 4 nitrogen and oxygen atoms in total. The molecule has 0 aromatic heterocycles. The van der Waals surface area contributed by atoms with Crippen molar-refractivity contribution >= 4 is 15.7 Å². The van der Waals surface area contributed by atoms with Gasteiger partial charge in [-0.05, 0) is 37.0 Å². The van der Waals surface area contributed by atoms with Crippen LogP contribution in [0.15, 0.2) is 23.1 Å². The maximum Gasteiger partial charge on any atom is 0.243 e. The smallest absolute Gasteiger partial charge is 0.243 e. The van der Waals surface area contributed by atoms with E-state index in [0.29, 0.717) is 19.0 Å². The van der Waals surface area contributed by atoms with Crippen LogP contribution < -0.4 is 5.73 Å². The van der Waals surface area contributed by atoms with Gasteiger partial charge in [-0.2, -0.15) is 4.31 Å². The van der Waals surface area contributed by atoms with Gasteiger partial charge in [0.2, 0.25) is 10.0 Å². The summed E-state index contributed by atoms with van der Waals surface area (Å²) in [6, 6.07) is 3.43. The lowest BCUT2D eigenvalue weighted by molar-refractivity contribution is 0.281. The molecular weight excluding hydrogens is 255 g/mol. The van der Waals surface area contributed by atoms with Gasteiger partial charge in [0.15, 0.2) is 0 Å². The van der Waals surface area contributed by atoms with E-state index < -0.39 is 15.8 Å². The van der Waals surface area contributed by atoms with Crippen molar-refractivity contribution in [2.24, 2.45) is 5.92 Å². The molecule has 0 radical (unpaired) electrons. The number of rotatable bonds is 2. The van der Waals surface area contributed by atoms with Gasteiger partial charge in [0.05, 0.1) is 4.90 Å². The van der Waals surface area contributed by atoms with Crippen LogP contribution in [0.5, 0.6) is 0 Å². The number of anilines is 1. The van der Waals surface area contributed by atoms with E-state index in [1.807, 2.05) is 6.92 Å². The first kappa shape index (κ1) is 13.3. The summed E-state index contributed by atoms with van der Waals surface area (Å²) in [7, 11) is -3.63. The van der Waals surface area contributed by atoms with E-state index in [2.05, 4.69) is 0 Å². The lowest BCUT2D eigenvalue weighted by Gasteiger charge is -2.30. The number of hydrogen-bond donors (Lipinski definition) is 1. The lowest BCUT2D eigenvalue weighted by atomic mass is 10.0. The minimum Gasteiger partial charge on any atom is -0.399 e. The predicted octanol–water partition coefficient (Wildman–Crippen LogP) is 1.83. The topological polar surface area (TPSA) is 63.4 Å².